The molecule has 0 heterocycles. The van der Waals surface area contributed by atoms with Crippen molar-refractivity contribution in [3.8, 4) is 0 Å². The number of nitro benzene ring substituents is 1. The molecule has 0 unspecified atom stereocenters. The Morgan fingerprint density at radius 2 is 2.12 bits per heavy atom. The van der Waals surface area contributed by atoms with E-state index >= 15 is 0 Å². The lowest BCUT2D eigenvalue weighted by molar-refractivity contribution is -0.385. The van der Waals surface area contributed by atoms with Gasteiger partial charge in [-0.3, -0.25) is 10.1 Å². The molecule has 0 bridgehead atoms. The number of hydrogen-bond donors (Lipinski definition) is 2. The molecule has 0 aliphatic rings. The molecule has 0 fully saturated rings. The Labute approximate surface area is 98.8 Å². The molecule has 94 valence electrons. The van der Waals surface area contributed by atoms with E-state index in [1.54, 1.807) is 0 Å². The van der Waals surface area contributed by atoms with Gasteiger partial charge in [0, 0.05) is 23.7 Å². The summed E-state index contributed by atoms with van der Waals surface area (Å²) in [6, 6.07) is 2.88. The van der Waals surface area contributed by atoms with Crippen LogP contribution in [0.4, 0.5) is 10.1 Å². The van der Waals surface area contributed by atoms with Gasteiger partial charge in [-0.05, 0) is 25.5 Å². The first-order chi connectivity index (χ1) is 8.06. The van der Waals surface area contributed by atoms with Gasteiger partial charge in [-0.15, -0.1) is 0 Å². The number of unbranched alkanes of at least 4 members (excludes halogenated alkanes) is 1. The molecule has 0 amide bonds. The third-order valence-electron chi connectivity index (χ3n) is 2.56. The first-order valence-corrected chi connectivity index (χ1v) is 5.45. The number of nitrogens with zero attached hydrogens (tertiary/aromatic N) is 1. The van der Waals surface area contributed by atoms with Gasteiger partial charge < -0.3 is 11.5 Å². The minimum atomic E-state index is -0.560. The number of nitrogens with two attached hydrogens (primary N) is 2. The molecule has 6 heteroatoms. The highest BCUT2D eigenvalue weighted by Crippen LogP contribution is 2.24. The van der Waals surface area contributed by atoms with Crippen LogP contribution in [-0.4, -0.2) is 11.5 Å². The number of non-ortho nitro benzene ring substituents is 1. The molecule has 0 radical (unpaired) electrons. The maximum atomic E-state index is 13.5. The molecule has 5 nitrogen and oxygen atoms in total. The fraction of sp³-hybridized carbons (Fsp3) is 0.455. The van der Waals surface area contributed by atoms with Crippen LogP contribution >= 0.6 is 0 Å². The minimum absolute atomic E-state index is 0.143. The molecule has 1 aromatic carbocycles. The second-order valence-corrected chi connectivity index (χ2v) is 3.85. The van der Waals surface area contributed by atoms with Crippen LogP contribution in [0.2, 0.25) is 0 Å². The Kier molecular flexibility index (Phi) is 4.99. The number of hydrogen-bond acceptors (Lipinski definition) is 4. The monoisotopic (exact) mass is 241 g/mol. The zero-order valence-corrected chi connectivity index (χ0v) is 9.43. The van der Waals surface area contributed by atoms with Crippen LogP contribution in [0.1, 0.15) is 30.9 Å². The minimum Gasteiger partial charge on any atom is -0.330 e. The summed E-state index contributed by atoms with van der Waals surface area (Å²) in [5, 5.41) is 10.6. The van der Waals surface area contributed by atoms with Gasteiger partial charge in [0.25, 0.3) is 5.69 Å². The summed E-state index contributed by atoms with van der Waals surface area (Å²) in [4.78, 5) is 10.0. The van der Waals surface area contributed by atoms with Gasteiger partial charge in [-0.25, -0.2) is 4.39 Å². The number of halogens is 1. The van der Waals surface area contributed by atoms with Crippen LogP contribution in [0.15, 0.2) is 18.2 Å². The molecular formula is C11H16FN3O2. The predicted octanol–water partition coefficient (Wildman–Crippen LogP) is 1.86. The molecule has 0 aromatic heterocycles. The summed E-state index contributed by atoms with van der Waals surface area (Å²) in [7, 11) is 0. The molecule has 1 rings (SSSR count). The van der Waals surface area contributed by atoms with E-state index < -0.39 is 16.8 Å². The third-order valence-corrected chi connectivity index (χ3v) is 2.56. The Morgan fingerprint density at radius 1 is 1.41 bits per heavy atom. The highest BCUT2D eigenvalue weighted by Gasteiger charge is 2.15. The average molecular weight is 241 g/mol. The lowest BCUT2D eigenvalue weighted by Gasteiger charge is -2.12. The van der Waals surface area contributed by atoms with Crippen molar-refractivity contribution in [3.05, 3.63) is 39.7 Å². The smallest absolute Gasteiger partial charge is 0.269 e. The van der Waals surface area contributed by atoms with Gasteiger partial charge in [0.05, 0.1) is 4.92 Å². The van der Waals surface area contributed by atoms with Gasteiger partial charge in [0.15, 0.2) is 0 Å². The summed E-state index contributed by atoms with van der Waals surface area (Å²) < 4.78 is 13.5. The highest BCUT2D eigenvalue weighted by molar-refractivity contribution is 5.36. The van der Waals surface area contributed by atoms with E-state index in [0.717, 1.165) is 25.0 Å². The molecule has 1 atom stereocenters. The zero-order chi connectivity index (χ0) is 12.8. The molecule has 0 saturated heterocycles. The second-order valence-electron chi connectivity index (χ2n) is 3.85. The van der Waals surface area contributed by atoms with E-state index in [4.69, 9.17) is 11.5 Å². The molecule has 0 aliphatic carbocycles. The van der Waals surface area contributed by atoms with Crippen LogP contribution in [-0.2, 0) is 0 Å². The SMILES string of the molecule is NCCCC[C@H](N)c1cc([N+](=O)[O-])ccc1F. The van der Waals surface area contributed by atoms with Crippen molar-refractivity contribution >= 4 is 5.69 Å². The summed E-state index contributed by atoms with van der Waals surface area (Å²) in [5.74, 6) is -0.504. The highest BCUT2D eigenvalue weighted by atomic mass is 19.1. The van der Waals surface area contributed by atoms with Gasteiger partial charge in [0.1, 0.15) is 5.82 Å². The normalized spacial score (nSPS) is 12.4. The zero-order valence-electron chi connectivity index (χ0n) is 9.43. The third kappa shape index (κ3) is 3.76. The first-order valence-electron chi connectivity index (χ1n) is 5.45. The number of benzene rings is 1. The Morgan fingerprint density at radius 3 is 2.71 bits per heavy atom. The molecule has 17 heavy (non-hydrogen) atoms. The Hall–Kier alpha value is -1.53. The predicted molar refractivity (Wildman–Crippen MR) is 62.9 cm³/mol. The second kappa shape index (κ2) is 6.27. The van der Waals surface area contributed by atoms with Crippen molar-refractivity contribution in [2.75, 3.05) is 6.54 Å². The molecule has 4 N–H and O–H groups in total. The molecule has 0 saturated carbocycles. The fourth-order valence-corrected chi connectivity index (χ4v) is 1.59. The van der Waals surface area contributed by atoms with Crippen LogP contribution in [0.25, 0.3) is 0 Å². The van der Waals surface area contributed by atoms with Gasteiger partial charge in [-0.2, -0.15) is 0 Å². The van der Waals surface area contributed by atoms with E-state index in [0.29, 0.717) is 13.0 Å². The summed E-state index contributed by atoms with van der Waals surface area (Å²) in [6.45, 7) is 0.560. The quantitative estimate of drug-likeness (QED) is 0.451. The van der Waals surface area contributed by atoms with Crippen molar-refractivity contribution in [3.63, 3.8) is 0 Å². The average Bonchev–Trinajstić information content (AvgIpc) is 2.29. The van der Waals surface area contributed by atoms with E-state index in [2.05, 4.69) is 0 Å². The van der Waals surface area contributed by atoms with Crippen molar-refractivity contribution in [2.45, 2.75) is 25.3 Å². The number of rotatable bonds is 6. The van der Waals surface area contributed by atoms with E-state index in [9.17, 15) is 14.5 Å². The van der Waals surface area contributed by atoms with Crippen LogP contribution in [0.3, 0.4) is 0 Å². The van der Waals surface area contributed by atoms with Crippen LogP contribution in [0, 0.1) is 15.9 Å². The first kappa shape index (κ1) is 13.5. The lowest BCUT2D eigenvalue weighted by atomic mass is 10.0. The van der Waals surface area contributed by atoms with Crippen molar-refractivity contribution in [1.82, 2.24) is 0 Å². The van der Waals surface area contributed by atoms with Crippen molar-refractivity contribution in [1.29, 1.82) is 0 Å². The van der Waals surface area contributed by atoms with Crippen molar-refractivity contribution in [2.24, 2.45) is 11.5 Å². The summed E-state index contributed by atoms with van der Waals surface area (Å²) in [5.41, 5.74) is 11.2. The Bertz CT molecular complexity index is 398. The van der Waals surface area contributed by atoms with E-state index in [1.165, 1.54) is 6.07 Å². The van der Waals surface area contributed by atoms with Gasteiger partial charge in [0.2, 0.25) is 0 Å². The molecular weight excluding hydrogens is 225 g/mol. The molecule has 1 aromatic rings. The fourth-order valence-electron chi connectivity index (χ4n) is 1.59. The summed E-state index contributed by atoms with van der Waals surface area (Å²) >= 11 is 0. The van der Waals surface area contributed by atoms with E-state index in [-0.39, 0.29) is 11.3 Å². The van der Waals surface area contributed by atoms with Crippen LogP contribution in [0.5, 0.6) is 0 Å². The Balaban J connectivity index is 2.80. The number of nitro groups is 1. The lowest BCUT2D eigenvalue weighted by Crippen LogP contribution is -2.13. The van der Waals surface area contributed by atoms with Crippen molar-refractivity contribution < 1.29 is 9.31 Å². The summed E-state index contributed by atoms with van der Waals surface area (Å²) in [6.07, 6.45) is 2.15. The van der Waals surface area contributed by atoms with Gasteiger partial charge >= 0.3 is 0 Å². The largest absolute Gasteiger partial charge is 0.330 e. The van der Waals surface area contributed by atoms with Gasteiger partial charge in [-0.1, -0.05) is 6.42 Å². The van der Waals surface area contributed by atoms with Crippen LogP contribution < -0.4 is 11.5 Å². The molecule has 0 spiro atoms. The maximum Gasteiger partial charge on any atom is 0.269 e. The topological polar surface area (TPSA) is 95.2 Å². The van der Waals surface area contributed by atoms with E-state index in [1.807, 2.05) is 0 Å². The molecule has 0 aliphatic heterocycles. The standard InChI is InChI=1S/C11H16FN3O2/c12-10-5-4-8(15(16)17)7-9(10)11(14)3-1-2-6-13/h4-5,7,11H,1-3,6,13-14H2/t11-/m0/s1. The maximum absolute atomic E-state index is 13.5.